The summed E-state index contributed by atoms with van der Waals surface area (Å²) in [5, 5.41) is 7.95. The van der Waals surface area contributed by atoms with Crippen LogP contribution in [0.5, 0.6) is 0 Å². The minimum absolute atomic E-state index is 0.0906. The Balaban J connectivity index is 1.85. The third kappa shape index (κ3) is 5.43. The Labute approximate surface area is 143 Å². The van der Waals surface area contributed by atoms with E-state index in [9.17, 15) is 4.39 Å². The van der Waals surface area contributed by atoms with E-state index in [1.807, 2.05) is 0 Å². The molecule has 2 rings (SSSR count). The van der Waals surface area contributed by atoms with Gasteiger partial charge in [-0.1, -0.05) is 23.8 Å². The van der Waals surface area contributed by atoms with Crippen molar-refractivity contribution >= 4 is 23.5 Å². The highest BCUT2D eigenvalue weighted by atomic mass is 32.1. The van der Waals surface area contributed by atoms with Crippen LogP contribution in [0.2, 0.25) is 0 Å². The number of hydrogen-bond acceptors (Lipinski definition) is 2. The number of rotatable bonds is 4. The second-order valence-electron chi connectivity index (χ2n) is 6.62. The number of thiocarbonyl (C=S) groups is 1. The number of nitrogens with zero attached hydrogens (tertiary/aromatic N) is 1. The fourth-order valence-corrected chi connectivity index (χ4v) is 3.07. The minimum Gasteiger partial charge on any atom is -0.356 e. The van der Waals surface area contributed by atoms with E-state index in [0.717, 1.165) is 18.4 Å². The van der Waals surface area contributed by atoms with Crippen molar-refractivity contribution in [2.45, 2.75) is 45.6 Å². The van der Waals surface area contributed by atoms with Gasteiger partial charge in [0.15, 0.2) is 5.11 Å². The molecule has 1 aromatic rings. The van der Waals surface area contributed by atoms with Crippen molar-refractivity contribution in [3.05, 3.63) is 47.3 Å². The first-order valence-electron chi connectivity index (χ1n) is 7.89. The fourth-order valence-electron chi connectivity index (χ4n) is 2.76. The summed E-state index contributed by atoms with van der Waals surface area (Å²) < 4.78 is 12.8. The predicted octanol–water partition coefficient (Wildman–Crippen LogP) is 4.15. The maximum absolute atomic E-state index is 12.8. The Morgan fingerprint density at radius 2 is 2.04 bits per heavy atom. The first-order chi connectivity index (χ1) is 10.9. The normalized spacial score (nSPS) is 18.6. The quantitative estimate of drug-likeness (QED) is 0.376. The molecule has 0 saturated carbocycles. The van der Waals surface area contributed by atoms with Crippen LogP contribution in [0.3, 0.4) is 0 Å². The lowest BCUT2D eigenvalue weighted by Gasteiger charge is -2.37. The lowest BCUT2D eigenvalue weighted by Crippen LogP contribution is -2.52. The van der Waals surface area contributed by atoms with Gasteiger partial charge in [-0.25, -0.2) is 4.39 Å². The van der Waals surface area contributed by atoms with E-state index in [4.69, 9.17) is 12.2 Å². The van der Waals surface area contributed by atoms with E-state index in [1.54, 1.807) is 18.3 Å². The topological polar surface area (TPSA) is 36.4 Å². The van der Waals surface area contributed by atoms with Gasteiger partial charge < -0.3 is 5.32 Å². The maximum Gasteiger partial charge on any atom is 0.187 e. The molecule has 1 aliphatic carbocycles. The molecule has 0 bridgehead atoms. The van der Waals surface area contributed by atoms with Crippen LogP contribution < -0.4 is 10.7 Å². The van der Waals surface area contributed by atoms with Crippen molar-refractivity contribution < 1.29 is 4.39 Å². The smallest absolute Gasteiger partial charge is 0.187 e. The van der Waals surface area contributed by atoms with Crippen molar-refractivity contribution in [3.8, 4) is 0 Å². The summed E-state index contributed by atoms with van der Waals surface area (Å²) in [4.78, 5) is 0. The molecule has 1 aromatic carbocycles. The molecule has 5 heteroatoms. The molecule has 0 heterocycles. The summed E-state index contributed by atoms with van der Waals surface area (Å²) in [5.41, 5.74) is 5.03. The van der Waals surface area contributed by atoms with Crippen molar-refractivity contribution in [1.29, 1.82) is 0 Å². The van der Waals surface area contributed by atoms with Gasteiger partial charge in [0.1, 0.15) is 5.82 Å². The molecule has 3 nitrogen and oxygen atoms in total. The zero-order valence-electron chi connectivity index (χ0n) is 13.9. The highest BCUT2D eigenvalue weighted by Gasteiger charge is 2.30. The number of hydrogen-bond donors (Lipinski definition) is 2. The average Bonchev–Trinajstić information content (AvgIpc) is 2.49. The molecule has 0 aliphatic heterocycles. The summed E-state index contributed by atoms with van der Waals surface area (Å²) >= 11 is 5.32. The van der Waals surface area contributed by atoms with Gasteiger partial charge >= 0.3 is 0 Å². The number of nitrogens with one attached hydrogen (secondary N) is 2. The van der Waals surface area contributed by atoms with E-state index < -0.39 is 0 Å². The largest absolute Gasteiger partial charge is 0.356 e. The first kappa shape index (κ1) is 17.6. The zero-order chi connectivity index (χ0) is 16.9. The van der Waals surface area contributed by atoms with Crippen LogP contribution in [0.15, 0.2) is 41.0 Å². The van der Waals surface area contributed by atoms with Crippen molar-refractivity contribution in [1.82, 2.24) is 10.7 Å². The fraction of sp³-hybridized carbons (Fsp3) is 0.444. The summed E-state index contributed by atoms with van der Waals surface area (Å²) in [6.07, 6.45) is 7.34. The lowest BCUT2D eigenvalue weighted by molar-refractivity contribution is 0.265. The molecule has 0 spiro atoms. The summed E-state index contributed by atoms with van der Waals surface area (Å²) in [6, 6.07) is 6.13. The van der Waals surface area contributed by atoms with Crippen LogP contribution in [-0.2, 0) is 0 Å². The van der Waals surface area contributed by atoms with Crippen LogP contribution in [0, 0.1) is 11.7 Å². The highest BCUT2D eigenvalue weighted by Crippen LogP contribution is 2.31. The predicted molar refractivity (Wildman–Crippen MR) is 98.0 cm³/mol. The maximum atomic E-state index is 12.8. The molecule has 0 aromatic heterocycles. The molecule has 124 valence electrons. The SMILES string of the molecule is CC1=CC[C@H](C(C)(C)NC(=S)N/N=C/c2ccc(F)cc2)CC1. The van der Waals surface area contributed by atoms with Crippen LogP contribution >= 0.6 is 12.2 Å². The standard InChI is InChI=1S/C18H24FN3S/c1-13-4-8-15(9-5-13)18(2,3)21-17(23)22-20-12-14-6-10-16(19)11-7-14/h4,6-7,10-12,15H,5,8-9H2,1-3H3,(H2,21,22,23)/b20-12+/t15-/m0/s1. The molecule has 23 heavy (non-hydrogen) atoms. The van der Waals surface area contributed by atoms with Gasteiger partial charge in [-0.3, -0.25) is 5.43 Å². The second-order valence-corrected chi connectivity index (χ2v) is 7.03. The second kappa shape index (κ2) is 7.68. The van der Waals surface area contributed by atoms with Gasteiger partial charge in [0.25, 0.3) is 0 Å². The summed E-state index contributed by atoms with van der Waals surface area (Å²) in [7, 11) is 0. The first-order valence-corrected chi connectivity index (χ1v) is 8.30. The van der Waals surface area contributed by atoms with Crippen LogP contribution in [-0.4, -0.2) is 16.9 Å². The Bertz CT molecular complexity index is 605. The van der Waals surface area contributed by atoms with Crippen molar-refractivity contribution in [2.75, 3.05) is 0 Å². The minimum atomic E-state index is -0.259. The Kier molecular flexibility index (Phi) is 5.88. The summed E-state index contributed by atoms with van der Waals surface area (Å²) in [6.45, 7) is 6.53. The molecule has 0 unspecified atom stereocenters. The third-order valence-corrected chi connectivity index (χ3v) is 4.54. The number of allylic oxidation sites excluding steroid dienone is 2. The molecular weight excluding hydrogens is 309 g/mol. The monoisotopic (exact) mass is 333 g/mol. The van der Waals surface area contributed by atoms with E-state index in [0.29, 0.717) is 11.0 Å². The Morgan fingerprint density at radius 1 is 1.35 bits per heavy atom. The molecular formula is C18H24FN3S. The number of benzene rings is 1. The van der Waals surface area contributed by atoms with E-state index in [-0.39, 0.29) is 11.4 Å². The average molecular weight is 333 g/mol. The van der Waals surface area contributed by atoms with Gasteiger partial charge in [-0.2, -0.15) is 5.10 Å². The highest BCUT2D eigenvalue weighted by molar-refractivity contribution is 7.80. The van der Waals surface area contributed by atoms with Gasteiger partial charge in [0.2, 0.25) is 0 Å². The van der Waals surface area contributed by atoms with Crippen molar-refractivity contribution in [2.24, 2.45) is 11.0 Å². The van der Waals surface area contributed by atoms with Gasteiger partial charge in [-0.05, 0) is 75.9 Å². The van der Waals surface area contributed by atoms with E-state index in [1.165, 1.54) is 24.1 Å². The van der Waals surface area contributed by atoms with Crippen LogP contribution in [0.4, 0.5) is 4.39 Å². The Hall–Kier alpha value is -1.75. The molecule has 1 aliphatic rings. The number of halogens is 1. The molecule has 2 N–H and O–H groups in total. The van der Waals surface area contributed by atoms with E-state index in [2.05, 4.69) is 42.7 Å². The molecule has 0 saturated heterocycles. The third-order valence-electron chi connectivity index (χ3n) is 4.34. The molecule has 1 atom stereocenters. The molecule has 0 radical (unpaired) electrons. The summed E-state index contributed by atoms with van der Waals surface area (Å²) in [5.74, 6) is 0.290. The number of hydrazone groups is 1. The zero-order valence-corrected chi connectivity index (χ0v) is 14.7. The van der Waals surface area contributed by atoms with Crippen LogP contribution in [0.25, 0.3) is 0 Å². The lowest BCUT2D eigenvalue weighted by atomic mass is 9.77. The molecule has 0 fully saturated rings. The van der Waals surface area contributed by atoms with Gasteiger partial charge in [0.05, 0.1) is 6.21 Å². The Morgan fingerprint density at radius 3 is 2.65 bits per heavy atom. The van der Waals surface area contributed by atoms with Gasteiger partial charge in [-0.15, -0.1) is 0 Å². The van der Waals surface area contributed by atoms with Crippen LogP contribution in [0.1, 0.15) is 45.6 Å². The van der Waals surface area contributed by atoms with Crippen molar-refractivity contribution in [3.63, 3.8) is 0 Å². The molecule has 0 amide bonds. The van der Waals surface area contributed by atoms with E-state index >= 15 is 0 Å². The van der Waals surface area contributed by atoms with Gasteiger partial charge in [0, 0.05) is 5.54 Å².